The topological polar surface area (TPSA) is 108 Å². The predicted molar refractivity (Wildman–Crippen MR) is 71.4 cm³/mol. The molecule has 1 rings (SSSR count). The third-order valence-corrected chi connectivity index (χ3v) is 2.78. The van der Waals surface area contributed by atoms with Crippen LogP contribution in [-0.4, -0.2) is 41.5 Å². The molecule has 0 unspecified atom stereocenters. The van der Waals surface area contributed by atoms with Crippen LogP contribution >= 0.6 is 0 Å². The molecule has 2 amide bonds. The van der Waals surface area contributed by atoms with Gasteiger partial charge in [-0.1, -0.05) is 0 Å². The van der Waals surface area contributed by atoms with Crippen molar-refractivity contribution in [1.82, 2.24) is 15.6 Å². The minimum Gasteiger partial charge on any atom is -0.478 e. The molecule has 0 saturated heterocycles. The molecule has 7 nitrogen and oxygen atoms in total. The quantitative estimate of drug-likeness (QED) is 0.717. The second-order valence-electron chi connectivity index (χ2n) is 4.88. The van der Waals surface area contributed by atoms with Crippen molar-refractivity contribution in [2.45, 2.75) is 13.8 Å². The Balaban J connectivity index is 2.68. The first-order chi connectivity index (χ1) is 9.27. The Morgan fingerprint density at radius 3 is 2.40 bits per heavy atom. The van der Waals surface area contributed by atoms with Crippen LogP contribution < -0.4 is 10.6 Å². The summed E-state index contributed by atoms with van der Waals surface area (Å²) in [5, 5.41) is 13.8. The van der Waals surface area contributed by atoms with E-state index in [1.807, 2.05) is 0 Å². The number of nitrogens with one attached hydrogen (secondary N) is 2. The number of hydrogen-bond acceptors (Lipinski definition) is 4. The van der Waals surface area contributed by atoms with Crippen LogP contribution in [0.2, 0.25) is 0 Å². The van der Waals surface area contributed by atoms with Crippen molar-refractivity contribution >= 4 is 17.8 Å². The summed E-state index contributed by atoms with van der Waals surface area (Å²) in [5.74, 6) is -1.75. The molecule has 0 atom stereocenters. The summed E-state index contributed by atoms with van der Waals surface area (Å²) in [7, 11) is 1.53. The zero-order valence-corrected chi connectivity index (χ0v) is 11.6. The van der Waals surface area contributed by atoms with E-state index in [1.165, 1.54) is 19.2 Å². The molecule has 1 aromatic rings. The van der Waals surface area contributed by atoms with Crippen LogP contribution in [-0.2, 0) is 4.79 Å². The molecule has 0 aliphatic carbocycles. The van der Waals surface area contributed by atoms with Crippen molar-refractivity contribution in [1.29, 1.82) is 0 Å². The summed E-state index contributed by atoms with van der Waals surface area (Å²) in [5.41, 5.74) is -0.638. The molecule has 1 aromatic heterocycles. The van der Waals surface area contributed by atoms with Crippen molar-refractivity contribution in [2.75, 3.05) is 13.6 Å². The minimum absolute atomic E-state index is 0.00670. The van der Waals surface area contributed by atoms with Gasteiger partial charge in [0.1, 0.15) is 5.69 Å². The summed E-state index contributed by atoms with van der Waals surface area (Å²) >= 11 is 0. The van der Waals surface area contributed by atoms with Crippen molar-refractivity contribution in [2.24, 2.45) is 5.41 Å². The van der Waals surface area contributed by atoms with E-state index in [2.05, 4.69) is 15.6 Å². The van der Waals surface area contributed by atoms with Gasteiger partial charge in [-0.05, 0) is 26.0 Å². The second kappa shape index (κ2) is 6.14. The monoisotopic (exact) mass is 279 g/mol. The fourth-order valence-electron chi connectivity index (χ4n) is 1.47. The first kappa shape index (κ1) is 15.6. The highest BCUT2D eigenvalue weighted by Crippen LogP contribution is 2.13. The highest BCUT2D eigenvalue weighted by Gasteiger charge is 2.27. The Labute approximate surface area is 116 Å². The molecule has 7 heteroatoms. The number of carbonyl (C=O) groups excluding carboxylic acids is 2. The normalized spacial score (nSPS) is 10.8. The lowest BCUT2D eigenvalue weighted by atomic mass is 9.92. The predicted octanol–water partition coefficient (Wildman–Crippen LogP) is 0.282. The first-order valence-electron chi connectivity index (χ1n) is 5.97. The summed E-state index contributed by atoms with van der Waals surface area (Å²) in [6.45, 7) is 3.55. The van der Waals surface area contributed by atoms with Crippen LogP contribution in [0, 0.1) is 5.41 Å². The maximum absolute atomic E-state index is 11.8. The van der Waals surface area contributed by atoms with Gasteiger partial charge in [0.2, 0.25) is 5.91 Å². The van der Waals surface area contributed by atoms with Crippen LogP contribution in [0.5, 0.6) is 0 Å². The fourth-order valence-corrected chi connectivity index (χ4v) is 1.47. The van der Waals surface area contributed by atoms with Gasteiger partial charge in [-0.3, -0.25) is 14.6 Å². The smallest absolute Gasteiger partial charge is 0.337 e. The molecule has 0 spiro atoms. The molecular formula is C13H17N3O4. The van der Waals surface area contributed by atoms with Crippen LogP contribution in [0.25, 0.3) is 0 Å². The van der Waals surface area contributed by atoms with Gasteiger partial charge in [-0.15, -0.1) is 0 Å². The van der Waals surface area contributed by atoms with Crippen molar-refractivity contribution in [3.63, 3.8) is 0 Å². The van der Waals surface area contributed by atoms with E-state index in [0.717, 1.165) is 6.20 Å². The lowest BCUT2D eigenvalue weighted by molar-refractivity contribution is -0.128. The number of rotatable bonds is 5. The van der Waals surface area contributed by atoms with E-state index in [4.69, 9.17) is 5.11 Å². The van der Waals surface area contributed by atoms with Crippen molar-refractivity contribution in [3.05, 3.63) is 29.6 Å². The maximum atomic E-state index is 11.8. The average molecular weight is 279 g/mol. The Morgan fingerprint density at radius 2 is 1.95 bits per heavy atom. The molecule has 0 fully saturated rings. The summed E-state index contributed by atoms with van der Waals surface area (Å²) < 4.78 is 0. The van der Waals surface area contributed by atoms with Gasteiger partial charge in [0, 0.05) is 19.8 Å². The van der Waals surface area contributed by atoms with Gasteiger partial charge < -0.3 is 15.7 Å². The standard InChI is InChI=1S/C13H17N3O4/c1-13(2,12(20)14-3)7-16-10(17)9-5-4-8(6-15-9)11(18)19/h4-6H,7H2,1-3H3,(H,14,20)(H,16,17)(H,18,19). The van der Waals surface area contributed by atoms with E-state index in [9.17, 15) is 14.4 Å². The molecule has 20 heavy (non-hydrogen) atoms. The van der Waals surface area contributed by atoms with Gasteiger partial charge in [-0.25, -0.2) is 4.79 Å². The van der Waals surface area contributed by atoms with Crippen LogP contribution in [0.4, 0.5) is 0 Å². The van der Waals surface area contributed by atoms with Crippen LogP contribution in [0.15, 0.2) is 18.3 Å². The van der Waals surface area contributed by atoms with Gasteiger partial charge in [0.05, 0.1) is 11.0 Å². The van der Waals surface area contributed by atoms with Gasteiger partial charge in [-0.2, -0.15) is 0 Å². The lowest BCUT2D eigenvalue weighted by Crippen LogP contribution is -2.43. The molecule has 0 aromatic carbocycles. The zero-order chi connectivity index (χ0) is 15.3. The van der Waals surface area contributed by atoms with Crippen LogP contribution in [0.1, 0.15) is 34.7 Å². The molecule has 3 N–H and O–H groups in total. The van der Waals surface area contributed by atoms with Crippen molar-refractivity contribution in [3.8, 4) is 0 Å². The number of aromatic nitrogens is 1. The minimum atomic E-state index is -1.11. The van der Waals surface area contributed by atoms with Crippen molar-refractivity contribution < 1.29 is 19.5 Å². The van der Waals surface area contributed by atoms with E-state index < -0.39 is 17.3 Å². The molecule has 0 aliphatic rings. The molecular weight excluding hydrogens is 262 g/mol. The van der Waals surface area contributed by atoms with E-state index in [1.54, 1.807) is 13.8 Å². The number of nitrogens with zero attached hydrogens (tertiary/aromatic N) is 1. The largest absolute Gasteiger partial charge is 0.478 e. The van der Waals surface area contributed by atoms with Gasteiger partial charge >= 0.3 is 5.97 Å². The average Bonchev–Trinajstić information content (AvgIpc) is 2.43. The zero-order valence-electron chi connectivity index (χ0n) is 11.6. The van der Waals surface area contributed by atoms with Gasteiger partial charge in [0.25, 0.3) is 5.91 Å². The summed E-state index contributed by atoms with van der Waals surface area (Å²) in [6, 6.07) is 2.62. The number of carboxylic acids is 1. The summed E-state index contributed by atoms with van der Waals surface area (Å²) in [6.07, 6.45) is 1.11. The highest BCUT2D eigenvalue weighted by atomic mass is 16.4. The number of hydrogen-bond donors (Lipinski definition) is 3. The Kier molecular flexibility index (Phi) is 4.79. The lowest BCUT2D eigenvalue weighted by Gasteiger charge is -2.22. The first-order valence-corrected chi connectivity index (χ1v) is 5.97. The van der Waals surface area contributed by atoms with Crippen LogP contribution in [0.3, 0.4) is 0 Å². The Bertz CT molecular complexity index is 523. The Hall–Kier alpha value is -2.44. The second-order valence-corrected chi connectivity index (χ2v) is 4.88. The number of pyridine rings is 1. The highest BCUT2D eigenvalue weighted by molar-refractivity contribution is 5.94. The molecule has 0 radical (unpaired) electrons. The van der Waals surface area contributed by atoms with E-state index in [0.29, 0.717) is 0 Å². The number of carboxylic acid groups (broad SMARTS) is 1. The van der Waals surface area contributed by atoms with E-state index >= 15 is 0 Å². The number of carbonyl (C=O) groups is 3. The third-order valence-electron chi connectivity index (χ3n) is 2.78. The summed E-state index contributed by atoms with van der Waals surface area (Å²) in [4.78, 5) is 37.8. The maximum Gasteiger partial charge on any atom is 0.337 e. The fraction of sp³-hybridized carbons (Fsp3) is 0.385. The molecule has 1 heterocycles. The Morgan fingerprint density at radius 1 is 1.30 bits per heavy atom. The number of amides is 2. The molecule has 0 saturated carbocycles. The van der Waals surface area contributed by atoms with E-state index in [-0.39, 0.29) is 23.7 Å². The third kappa shape index (κ3) is 3.78. The molecule has 0 bridgehead atoms. The SMILES string of the molecule is CNC(=O)C(C)(C)CNC(=O)c1ccc(C(=O)O)cn1. The molecule has 108 valence electrons. The number of aromatic carboxylic acids is 1. The van der Waals surface area contributed by atoms with Gasteiger partial charge in [0.15, 0.2) is 0 Å². The molecule has 0 aliphatic heterocycles.